The van der Waals surface area contributed by atoms with Gasteiger partial charge in [0.05, 0.1) is 17.9 Å². The number of hydrogen-bond donors (Lipinski definition) is 0. The molecular weight excluding hydrogens is 359 g/mol. The molecule has 0 spiro atoms. The number of likely N-dealkylation sites (N-methyl/N-ethyl adjacent to an activating group) is 1. The van der Waals surface area contributed by atoms with Crippen molar-refractivity contribution in [3.63, 3.8) is 0 Å². The normalized spacial score (nSPS) is 20.8. The maximum atomic E-state index is 14.2. The molecule has 2 aliphatic heterocycles. The maximum Gasteiger partial charge on any atom is 0.140 e. The largest absolute Gasteiger partial charge is 0.378 e. The van der Waals surface area contributed by atoms with Gasteiger partial charge in [-0.25, -0.2) is 4.39 Å². The van der Waals surface area contributed by atoms with Gasteiger partial charge in [0.15, 0.2) is 0 Å². The molecule has 0 bridgehead atoms. The predicted octanol–water partition coefficient (Wildman–Crippen LogP) is 4.45. The fourth-order valence-electron chi connectivity index (χ4n) is 4.32. The molecule has 2 aliphatic rings. The fourth-order valence-corrected chi connectivity index (χ4v) is 5.49. The number of halogens is 1. The number of anilines is 1. The van der Waals surface area contributed by atoms with Crippen molar-refractivity contribution in [3.8, 4) is 0 Å². The summed E-state index contributed by atoms with van der Waals surface area (Å²) in [5, 5.41) is 1.01. The van der Waals surface area contributed by atoms with E-state index in [9.17, 15) is 4.39 Å². The summed E-state index contributed by atoms with van der Waals surface area (Å²) >= 11 is 1.60. The van der Waals surface area contributed by atoms with E-state index in [2.05, 4.69) is 41.1 Å². The fraction of sp³-hybridized carbons (Fsp3) is 0.364. The quantitative estimate of drug-likeness (QED) is 0.651. The standard InChI is InChI=1S/C22H23FN2OS/c1-24-13-16-11-17(25-7-9-26-10-8-25)5-6-18(16)19(14-24)21-12-15-3-2-4-20(23)22(15)27-21/h2-6,11-12,19H,7-10,13-14H2,1H3. The zero-order valence-electron chi connectivity index (χ0n) is 15.5. The first-order valence-corrected chi connectivity index (χ1v) is 10.3. The summed E-state index contributed by atoms with van der Waals surface area (Å²) in [5.74, 6) is 0.185. The highest BCUT2D eigenvalue weighted by Gasteiger charge is 2.27. The van der Waals surface area contributed by atoms with E-state index in [1.54, 1.807) is 23.5 Å². The molecule has 5 heteroatoms. The molecule has 0 amide bonds. The Hall–Kier alpha value is -1.95. The first-order valence-electron chi connectivity index (χ1n) is 9.51. The average Bonchev–Trinajstić information content (AvgIpc) is 3.13. The van der Waals surface area contributed by atoms with Gasteiger partial charge in [-0.1, -0.05) is 18.2 Å². The molecule has 0 N–H and O–H groups in total. The van der Waals surface area contributed by atoms with Crippen molar-refractivity contribution in [2.24, 2.45) is 0 Å². The monoisotopic (exact) mass is 382 g/mol. The second kappa shape index (κ2) is 6.89. The van der Waals surface area contributed by atoms with E-state index in [0.29, 0.717) is 5.92 Å². The predicted molar refractivity (Wildman–Crippen MR) is 109 cm³/mol. The smallest absolute Gasteiger partial charge is 0.140 e. The third-order valence-electron chi connectivity index (χ3n) is 5.67. The topological polar surface area (TPSA) is 15.7 Å². The van der Waals surface area contributed by atoms with Crippen LogP contribution >= 0.6 is 11.3 Å². The van der Waals surface area contributed by atoms with E-state index in [0.717, 1.165) is 49.5 Å². The Kier molecular flexibility index (Phi) is 4.38. The van der Waals surface area contributed by atoms with Gasteiger partial charge in [0, 0.05) is 42.7 Å². The number of fused-ring (bicyclic) bond motifs is 2. The highest BCUT2D eigenvalue weighted by Crippen LogP contribution is 2.40. The summed E-state index contributed by atoms with van der Waals surface area (Å²) in [5.41, 5.74) is 4.06. The van der Waals surface area contributed by atoms with Gasteiger partial charge in [-0.3, -0.25) is 0 Å². The molecule has 0 aliphatic carbocycles. The van der Waals surface area contributed by atoms with Crippen LogP contribution in [0, 0.1) is 5.82 Å². The summed E-state index contributed by atoms with van der Waals surface area (Å²) in [7, 11) is 2.17. The Balaban J connectivity index is 1.54. The lowest BCUT2D eigenvalue weighted by atomic mass is 9.88. The molecule has 2 aromatic carbocycles. The van der Waals surface area contributed by atoms with E-state index >= 15 is 0 Å². The molecule has 1 unspecified atom stereocenters. The van der Waals surface area contributed by atoms with E-state index in [1.807, 2.05) is 6.07 Å². The molecule has 3 aromatic rings. The van der Waals surface area contributed by atoms with Crippen LogP contribution in [0.5, 0.6) is 0 Å². The van der Waals surface area contributed by atoms with Crippen molar-refractivity contribution in [2.75, 3.05) is 44.8 Å². The van der Waals surface area contributed by atoms with Crippen LogP contribution in [0.15, 0.2) is 42.5 Å². The van der Waals surface area contributed by atoms with Gasteiger partial charge in [-0.2, -0.15) is 0 Å². The van der Waals surface area contributed by atoms with Crippen LogP contribution in [0.25, 0.3) is 10.1 Å². The Morgan fingerprint density at radius 2 is 1.96 bits per heavy atom. The highest BCUT2D eigenvalue weighted by molar-refractivity contribution is 7.19. The van der Waals surface area contributed by atoms with E-state index in [4.69, 9.17) is 4.74 Å². The Morgan fingerprint density at radius 1 is 1.11 bits per heavy atom. The number of nitrogens with zero attached hydrogens (tertiary/aromatic N) is 2. The summed E-state index contributed by atoms with van der Waals surface area (Å²) < 4.78 is 20.4. The van der Waals surface area contributed by atoms with Gasteiger partial charge < -0.3 is 14.5 Å². The Morgan fingerprint density at radius 3 is 2.78 bits per heavy atom. The number of ether oxygens (including phenoxy) is 1. The minimum absolute atomic E-state index is 0.115. The Labute approximate surface area is 163 Å². The van der Waals surface area contributed by atoms with Crippen molar-refractivity contribution in [2.45, 2.75) is 12.5 Å². The summed E-state index contributed by atoms with van der Waals surface area (Å²) in [6, 6.07) is 14.4. The van der Waals surface area contributed by atoms with Crippen molar-refractivity contribution in [3.05, 3.63) is 64.3 Å². The molecule has 3 nitrogen and oxygen atoms in total. The number of benzene rings is 2. The summed E-state index contributed by atoms with van der Waals surface area (Å²) in [6.45, 7) is 5.43. The van der Waals surface area contributed by atoms with E-state index < -0.39 is 0 Å². The van der Waals surface area contributed by atoms with Crippen molar-refractivity contribution in [1.82, 2.24) is 4.90 Å². The van der Waals surface area contributed by atoms with Crippen LogP contribution in [-0.4, -0.2) is 44.8 Å². The molecule has 1 aromatic heterocycles. The van der Waals surface area contributed by atoms with Gasteiger partial charge in [-0.15, -0.1) is 11.3 Å². The lowest BCUT2D eigenvalue weighted by molar-refractivity contribution is 0.122. The molecule has 1 fully saturated rings. The SMILES string of the molecule is CN1Cc2cc(N3CCOCC3)ccc2C(c2cc3cccc(F)c3s2)C1. The Bertz CT molecular complexity index is 980. The van der Waals surface area contributed by atoms with Crippen LogP contribution in [0.4, 0.5) is 10.1 Å². The van der Waals surface area contributed by atoms with Gasteiger partial charge in [0.1, 0.15) is 5.82 Å². The van der Waals surface area contributed by atoms with Crippen LogP contribution in [0.1, 0.15) is 21.9 Å². The second-order valence-corrected chi connectivity index (χ2v) is 8.62. The summed E-state index contributed by atoms with van der Waals surface area (Å²) in [6.07, 6.45) is 0. The molecule has 140 valence electrons. The van der Waals surface area contributed by atoms with Crippen LogP contribution in [0.3, 0.4) is 0 Å². The van der Waals surface area contributed by atoms with Gasteiger partial charge in [-0.05, 0) is 47.8 Å². The number of rotatable bonds is 2. The molecule has 5 rings (SSSR count). The zero-order chi connectivity index (χ0) is 18.4. The first kappa shape index (κ1) is 17.2. The lowest BCUT2D eigenvalue weighted by Crippen LogP contribution is -2.36. The molecular formula is C22H23FN2OS. The van der Waals surface area contributed by atoms with Crippen LogP contribution < -0.4 is 4.90 Å². The number of thiophene rings is 1. The first-order chi connectivity index (χ1) is 13.2. The van der Waals surface area contributed by atoms with Crippen LogP contribution in [0.2, 0.25) is 0 Å². The molecule has 0 saturated carbocycles. The molecule has 1 saturated heterocycles. The zero-order valence-corrected chi connectivity index (χ0v) is 16.3. The minimum atomic E-state index is -0.115. The minimum Gasteiger partial charge on any atom is -0.378 e. The van der Waals surface area contributed by atoms with Gasteiger partial charge in [0.25, 0.3) is 0 Å². The van der Waals surface area contributed by atoms with Crippen molar-refractivity contribution < 1.29 is 9.13 Å². The second-order valence-electron chi connectivity index (χ2n) is 7.54. The number of hydrogen-bond acceptors (Lipinski definition) is 4. The average molecular weight is 383 g/mol. The summed E-state index contributed by atoms with van der Waals surface area (Å²) in [4.78, 5) is 6.03. The third kappa shape index (κ3) is 3.14. The molecule has 0 radical (unpaired) electrons. The highest BCUT2D eigenvalue weighted by atomic mass is 32.1. The van der Waals surface area contributed by atoms with E-state index in [1.165, 1.54) is 21.7 Å². The number of morpholine rings is 1. The molecule has 27 heavy (non-hydrogen) atoms. The lowest BCUT2D eigenvalue weighted by Gasteiger charge is -2.34. The third-order valence-corrected chi connectivity index (χ3v) is 6.94. The van der Waals surface area contributed by atoms with Gasteiger partial charge in [0.2, 0.25) is 0 Å². The van der Waals surface area contributed by atoms with E-state index in [-0.39, 0.29) is 5.82 Å². The molecule has 1 atom stereocenters. The van der Waals surface area contributed by atoms with Crippen molar-refractivity contribution in [1.29, 1.82) is 0 Å². The van der Waals surface area contributed by atoms with Gasteiger partial charge >= 0.3 is 0 Å². The molecule has 3 heterocycles. The maximum absolute atomic E-state index is 14.2. The van der Waals surface area contributed by atoms with Crippen molar-refractivity contribution >= 4 is 27.1 Å². The van der Waals surface area contributed by atoms with Crippen LogP contribution in [-0.2, 0) is 11.3 Å².